The number of nitro groups is 1. The van der Waals surface area contributed by atoms with Crippen molar-refractivity contribution in [2.45, 2.75) is 6.92 Å². The number of rotatable bonds is 4. The summed E-state index contributed by atoms with van der Waals surface area (Å²) in [5.41, 5.74) is 5.55. The number of nitrogen functional groups attached to an aromatic ring is 1. The van der Waals surface area contributed by atoms with Gasteiger partial charge in [0.05, 0.1) is 17.2 Å². The van der Waals surface area contributed by atoms with E-state index in [-0.39, 0.29) is 23.3 Å². The van der Waals surface area contributed by atoms with Crippen molar-refractivity contribution in [3.05, 3.63) is 51.5 Å². The topological polar surface area (TPSA) is 112 Å². The number of halogens is 1. The van der Waals surface area contributed by atoms with Gasteiger partial charge in [-0.2, -0.15) is 0 Å². The molecule has 0 spiro atoms. The Morgan fingerprint density at radius 2 is 2.09 bits per heavy atom. The summed E-state index contributed by atoms with van der Waals surface area (Å²) in [7, 11) is 0. The average molecular weight is 337 g/mol. The Hall–Kier alpha value is -2.87. The monoisotopic (exact) mass is 336 g/mol. The van der Waals surface area contributed by atoms with Crippen molar-refractivity contribution >= 4 is 40.7 Å². The molecule has 0 aliphatic carbocycles. The zero-order valence-electron chi connectivity index (χ0n) is 12.1. The van der Waals surface area contributed by atoms with E-state index in [2.05, 4.69) is 4.98 Å². The van der Waals surface area contributed by atoms with E-state index in [1.165, 1.54) is 6.07 Å². The third kappa shape index (κ3) is 3.49. The van der Waals surface area contributed by atoms with Crippen LogP contribution in [0.4, 0.5) is 27.8 Å². The van der Waals surface area contributed by atoms with Gasteiger partial charge in [-0.3, -0.25) is 10.1 Å². The number of anilines is 3. The minimum absolute atomic E-state index is 0.0303. The van der Waals surface area contributed by atoms with Crippen molar-refractivity contribution in [1.82, 2.24) is 4.98 Å². The number of benzene rings is 1. The van der Waals surface area contributed by atoms with Crippen LogP contribution in [0.5, 0.6) is 0 Å². The van der Waals surface area contributed by atoms with Gasteiger partial charge in [-0.15, -0.1) is 0 Å². The fourth-order valence-corrected chi connectivity index (χ4v) is 2.17. The van der Waals surface area contributed by atoms with Crippen LogP contribution >= 0.6 is 11.6 Å². The molecule has 23 heavy (non-hydrogen) atoms. The Morgan fingerprint density at radius 1 is 1.43 bits per heavy atom. The predicted molar refractivity (Wildman–Crippen MR) is 85.9 cm³/mol. The normalized spacial score (nSPS) is 10.2. The summed E-state index contributed by atoms with van der Waals surface area (Å²) in [6.07, 6.45) is -0.699. The first-order valence-corrected chi connectivity index (χ1v) is 6.95. The number of ether oxygens (including phenoxy) is 1. The zero-order valence-corrected chi connectivity index (χ0v) is 12.9. The molecular weight excluding hydrogens is 324 g/mol. The highest BCUT2D eigenvalue weighted by Crippen LogP contribution is 2.35. The molecule has 2 rings (SSSR count). The van der Waals surface area contributed by atoms with Crippen LogP contribution in [0.2, 0.25) is 5.02 Å². The Labute approximate surface area is 136 Å². The Bertz CT molecular complexity index is 716. The molecule has 0 fully saturated rings. The Kier molecular flexibility index (Phi) is 4.97. The standard InChI is InChI=1S/C14H13ClN4O4/c1-2-23-14(20)18(9-6-4-3-5-7-9)11-8-10(15)12(19(21)22)13(16)17-11/h3-8H,2H2,1H3,(H2,16,17). The van der Waals surface area contributed by atoms with Gasteiger partial charge in [0, 0.05) is 6.07 Å². The second-order valence-electron chi connectivity index (χ2n) is 4.32. The molecule has 1 amide bonds. The molecule has 0 aliphatic heterocycles. The second kappa shape index (κ2) is 6.93. The maximum atomic E-state index is 12.2. The minimum Gasteiger partial charge on any atom is -0.449 e. The van der Waals surface area contributed by atoms with Crippen molar-refractivity contribution in [2.24, 2.45) is 0 Å². The van der Waals surface area contributed by atoms with Gasteiger partial charge in [0.15, 0.2) is 0 Å². The van der Waals surface area contributed by atoms with Crippen LogP contribution in [0, 0.1) is 10.1 Å². The van der Waals surface area contributed by atoms with E-state index in [1.54, 1.807) is 37.3 Å². The van der Waals surface area contributed by atoms with Gasteiger partial charge in [0.1, 0.15) is 10.8 Å². The average Bonchev–Trinajstić information content (AvgIpc) is 2.47. The largest absolute Gasteiger partial charge is 0.449 e. The molecule has 1 aromatic heterocycles. The molecule has 0 radical (unpaired) electrons. The van der Waals surface area contributed by atoms with E-state index >= 15 is 0 Å². The van der Waals surface area contributed by atoms with E-state index < -0.39 is 16.7 Å². The number of hydrogen-bond donors (Lipinski definition) is 1. The Balaban J connectivity index is 2.56. The molecule has 120 valence electrons. The van der Waals surface area contributed by atoms with Gasteiger partial charge in [-0.1, -0.05) is 29.8 Å². The van der Waals surface area contributed by atoms with Crippen molar-refractivity contribution in [3.8, 4) is 0 Å². The fourth-order valence-electron chi connectivity index (χ4n) is 1.90. The van der Waals surface area contributed by atoms with Crippen LogP contribution in [-0.2, 0) is 4.74 Å². The first-order chi connectivity index (χ1) is 11.0. The summed E-state index contributed by atoms with van der Waals surface area (Å²) in [5, 5.41) is 10.7. The molecule has 1 heterocycles. The highest BCUT2D eigenvalue weighted by molar-refractivity contribution is 6.33. The van der Waals surface area contributed by atoms with Gasteiger partial charge < -0.3 is 10.5 Å². The summed E-state index contributed by atoms with van der Waals surface area (Å²) in [5.74, 6) is -0.356. The fraction of sp³-hybridized carbons (Fsp3) is 0.143. The lowest BCUT2D eigenvalue weighted by Gasteiger charge is -2.21. The maximum absolute atomic E-state index is 12.2. The maximum Gasteiger partial charge on any atom is 0.420 e. The smallest absolute Gasteiger partial charge is 0.420 e. The molecule has 8 nitrogen and oxygen atoms in total. The quantitative estimate of drug-likeness (QED) is 0.675. The number of pyridine rings is 1. The zero-order chi connectivity index (χ0) is 17.0. The molecule has 1 aromatic carbocycles. The van der Waals surface area contributed by atoms with Crippen molar-refractivity contribution in [2.75, 3.05) is 17.2 Å². The molecular formula is C14H13ClN4O4. The van der Waals surface area contributed by atoms with Crippen LogP contribution < -0.4 is 10.6 Å². The third-order valence-corrected chi connectivity index (χ3v) is 3.12. The van der Waals surface area contributed by atoms with E-state index in [1.807, 2.05) is 0 Å². The molecule has 0 unspecified atom stereocenters. The van der Waals surface area contributed by atoms with Crippen molar-refractivity contribution < 1.29 is 14.5 Å². The van der Waals surface area contributed by atoms with Crippen LogP contribution in [0.1, 0.15) is 6.92 Å². The molecule has 0 aliphatic rings. The molecule has 2 aromatic rings. The summed E-state index contributed by atoms with van der Waals surface area (Å²) < 4.78 is 5.00. The van der Waals surface area contributed by atoms with Gasteiger partial charge in [0.25, 0.3) is 0 Å². The van der Waals surface area contributed by atoms with Crippen molar-refractivity contribution in [1.29, 1.82) is 0 Å². The third-order valence-electron chi connectivity index (χ3n) is 2.84. The second-order valence-corrected chi connectivity index (χ2v) is 4.73. The van der Waals surface area contributed by atoms with Gasteiger partial charge in [-0.05, 0) is 19.1 Å². The molecule has 0 atom stereocenters. The highest BCUT2D eigenvalue weighted by atomic mass is 35.5. The summed E-state index contributed by atoms with van der Waals surface area (Å²) in [4.78, 5) is 27.5. The van der Waals surface area contributed by atoms with Gasteiger partial charge >= 0.3 is 11.8 Å². The van der Waals surface area contributed by atoms with Crippen LogP contribution in [0.25, 0.3) is 0 Å². The lowest BCUT2D eigenvalue weighted by molar-refractivity contribution is -0.384. The number of hydrogen-bond acceptors (Lipinski definition) is 6. The number of carbonyl (C=O) groups excluding carboxylic acids is 1. The number of nitrogens with two attached hydrogens (primary N) is 1. The molecule has 0 bridgehead atoms. The van der Waals surface area contributed by atoms with E-state index in [0.29, 0.717) is 5.69 Å². The first-order valence-electron chi connectivity index (χ1n) is 6.58. The summed E-state index contributed by atoms with van der Waals surface area (Å²) >= 11 is 5.90. The first kappa shape index (κ1) is 16.5. The summed E-state index contributed by atoms with van der Waals surface area (Å²) in [6, 6.07) is 9.72. The molecule has 2 N–H and O–H groups in total. The van der Waals surface area contributed by atoms with E-state index in [0.717, 1.165) is 4.90 Å². The minimum atomic E-state index is -0.730. The highest BCUT2D eigenvalue weighted by Gasteiger charge is 2.26. The predicted octanol–water partition coefficient (Wildman–Crippen LogP) is 3.52. The van der Waals surface area contributed by atoms with Crippen molar-refractivity contribution in [3.63, 3.8) is 0 Å². The van der Waals surface area contributed by atoms with E-state index in [9.17, 15) is 14.9 Å². The van der Waals surface area contributed by atoms with Crippen LogP contribution in [-0.4, -0.2) is 22.6 Å². The van der Waals surface area contributed by atoms with Crippen LogP contribution in [0.15, 0.2) is 36.4 Å². The van der Waals surface area contributed by atoms with Crippen LogP contribution in [0.3, 0.4) is 0 Å². The number of nitrogens with zero attached hydrogens (tertiary/aromatic N) is 3. The number of para-hydroxylation sites is 1. The number of aromatic nitrogens is 1. The SMILES string of the molecule is CCOC(=O)N(c1ccccc1)c1cc(Cl)c([N+](=O)[O-])c(N)n1. The summed E-state index contributed by atoms with van der Waals surface area (Å²) in [6.45, 7) is 1.81. The number of carbonyl (C=O) groups is 1. The number of amides is 1. The molecule has 0 saturated heterocycles. The van der Waals surface area contributed by atoms with Gasteiger partial charge in [-0.25, -0.2) is 14.7 Å². The lowest BCUT2D eigenvalue weighted by atomic mass is 10.3. The molecule has 0 saturated carbocycles. The van der Waals surface area contributed by atoms with Gasteiger partial charge in [0.2, 0.25) is 5.82 Å². The Morgan fingerprint density at radius 3 is 2.61 bits per heavy atom. The van der Waals surface area contributed by atoms with E-state index in [4.69, 9.17) is 22.1 Å². The lowest BCUT2D eigenvalue weighted by Crippen LogP contribution is -2.27. The molecule has 9 heteroatoms.